The maximum Gasteiger partial charge on any atom is 0.138 e. The van der Waals surface area contributed by atoms with Gasteiger partial charge in [0, 0.05) is 24.1 Å². The quantitative estimate of drug-likeness (QED) is 0.871. The number of nitrogens with zero attached hydrogens (tertiary/aromatic N) is 3. The Bertz CT molecular complexity index is 575. The molecule has 0 spiro atoms. The number of nitrogens with one attached hydrogen (secondary N) is 1. The van der Waals surface area contributed by atoms with Crippen LogP contribution in [0.2, 0.25) is 5.15 Å². The third-order valence-corrected chi connectivity index (χ3v) is 3.43. The zero-order valence-corrected chi connectivity index (χ0v) is 12.3. The van der Waals surface area contributed by atoms with Crippen LogP contribution in [0, 0.1) is 20.8 Å². The van der Waals surface area contributed by atoms with Gasteiger partial charge in [-0.05, 0) is 20.8 Å². The van der Waals surface area contributed by atoms with Crippen molar-refractivity contribution < 1.29 is 4.52 Å². The number of rotatable bonds is 4. The molecule has 1 N–H and O–H groups in total. The molecule has 5 nitrogen and oxygen atoms in total. The van der Waals surface area contributed by atoms with Crippen LogP contribution in [0.3, 0.4) is 0 Å². The monoisotopic (exact) mass is 280 g/mol. The molecular formula is C13H17ClN4O. The van der Waals surface area contributed by atoms with E-state index in [0.29, 0.717) is 11.7 Å². The van der Waals surface area contributed by atoms with Crippen molar-refractivity contribution in [3.05, 3.63) is 33.6 Å². The summed E-state index contributed by atoms with van der Waals surface area (Å²) in [4.78, 5) is 8.67. The van der Waals surface area contributed by atoms with Crippen LogP contribution in [0.15, 0.2) is 4.52 Å². The topological polar surface area (TPSA) is 63.8 Å². The Kier molecular flexibility index (Phi) is 4.04. The molecule has 6 heteroatoms. The van der Waals surface area contributed by atoms with Crippen LogP contribution < -0.4 is 5.32 Å². The van der Waals surface area contributed by atoms with Crippen molar-refractivity contribution in [1.82, 2.24) is 15.1 Å². The van der Waals surface area contributed by atoms with E-state index < -0.39 is 0 Å². The predicted octanol–water partition coefficient (Wildman–Crippen LogP) is 3.22. The van der Waals surface area contributed by atoms with Crippen molar-refractivity contribution in [3.8, 4) is 0 Å². The lowest BCUT2D eigenvalue weighted by atomic mass is 10.2. The Morgan fingerprint density at radius 1 is 1.21 bits per heavy atom. The predicted molar refractivity (Wildman–Crippen MR) is 74.5 cm³/mol. The molecule has 0 unspecified atom stereocenters. The summed E-state index contributed by atoms with van der Waals surface area (Å²) in [5.74, 6) is 2.31. The molecule has 2 aromatic rings. The van der Waals surface area contributed by atoms with Gasteiger partial charge >= 0.3 is 0 Å². The second-order valence-electron chi connectivity index (χ2n) is 4.41. The van der Waals surface area contributed by atoms with Crippen LogP contribution in [-0.4, -0.2) is 15.1 Å². The third kappa shape index (κ3) is 2.87. The molecule has 0 saturated heterocycles. The normalized spacial score (nSPS) is 10.8. The molecule has 0 aliphatic heterocycles. The van der Waals surface area contributed by atoms with Crippen molar-refractivity contribution in [2.24, 2.45) is 0 Å². The van der Waals surface area contributed by atoms with Crippen molar-refractivity contribution in [2.45, 2.75) is 40.7 Å². The number of halogens is 1. The molecular weight excluding hydrogens is 264 g/mol. The van der Waals surface area contributed by atoms with Crippen LogP contribution in [0.1, 0.15) is 35.3 Å². The van der Waals surface area contributed by atoms with E-state index in [-0.39, 0.29) is 0 Å². The van der Waals surface area contributed by atoms with Crippen molar-refractivity contribution in [3.63, 3.8) is 0 Å². The fourth-order valence-electron chi connectivity index (χ4n) is 1.79. The third-order valence-electron chi connectivity index (χ3n) is 3.06. The minimum atomic E-state index is 0.494. The fourth-order valence-corrected chi connectivity index (χ4v) is 1.98. The first-order valence-corrected chi connectivity index (χ1v) is 6.59. The Morgan fingerprint density at radius 2 is 1.95 bits per heavy atom. The zero-order valence-electron chi connectivity index (χ0n) is 11.5. The molecule has 0 aliphatic carbocycles. The first kappa shape index (κ1) is 13.8. The highest BCUT2D eigenvalue weighted by molar-refractivity contribution is 6.30. The van der Waals surface area contributed by atoms with E-state index in [4.69, 9.17) is 16.1 Å². The Balaban J connectivity index is 2.22. The van der Waals surface area contributed by atoms with E-state index in [1.54, 1.807) is 0 Å². The number of hydrogen-bond donors (Lipinski definition) is 1. The van der Waals surface area contributed by atoms with Gasteiger partial charge in [0.2, 0.25) is 0 Å². The van der Waals surface area contributed by atoms with E-state index in [9.17, 15) is 0 Å². The van der Waals surface area contributed by atoms with Crippen molar-refractivity contribution in [1.29, 1.82) is 0 Å². The molecule has 0 bridgehead atoms. The second kappa shape index (κ2) is 5.57. The van der Waals surface area contributed by atoms with Crippen LogP contribution >= 0.6 is 11.6 Å². The van der Waals surface area contributed by atoms with Gasteiger partial charge in [0.25, 0.3) is 0 Å². The van der Waals surface area contributed by atoms with E-state index in [1.165, 1.54) is 0 Å². The molecule has 102 valence electrons. The van der Waals surface area contributed by atoms with Crippen LogP contribution in [0.4, 0.5) is 5.82 Å². The summed E-state index contributed by atoms with van der Waals surface area (Å²) >= 11 is 6.10. The van der Waals surface area contributed by atoms with Crippen LogP contribution in [0.5, 0.6) is 0 Å². The van der Waals surface area contributed by atoms with E-state index in [1.807, 2.05) is 27.7 Å². The fraction of sp³-hybridized carbons (Fsp3) is 0.462. The van der Waals surface area contributed by atoms with Crippen LogP contribution in [0.25, 0.3) is 0 Å². The van der Waals surface area contributed by atoms with Gasteiger partial charge in [0.15, 0.2) is 0 Å². The highest BCUT2D eigenvalue weighted by Gasteiger charge is 2.12. The lowest BCUT2D eigenvalue weighted by Gasteiger charge is -2.10. The molecule has 0 saturated carbocycles. The Morgan fingerprint density at radius 3 is 2.53 bits per heavy atom. The van der Waals surface area contributed by atoms with Gasteiger partial charge in [-0.2, -0.15) is 0 Å². The summed E-state index contributed by atoms with van der Waals surface area (Å²) in [6.07, 6.45) is 0.750. The van der Waals surface area contributed by atoms with Gasteiger partial charge in [0.1, 0.15) is 22.6 Å². The summed E-state index contributed by atoms with van der Waals surface area (Å²) in [6, 6.07) is 0. The highest BCUT2D eigenvalue weighted by Crippen LogP contribution is 2.21. The molecule has 0 atom stereocenters. The maximum absolute atomic E-state index is 6.10. The molecule has 0 amide bonds. The molecule has 19 heavy (non-hydrogen) atoms. The average molecular weight is 281 g/mol. The summed E-state index contributed by atoms with van der Waals surface area (Å²) < 4.78 is 5.13. The first-order valence-electron chi connectivity index (χ1n) is 6.21. The van der Waals surface area contributed by atoms with Gasteiger partial charge < -0.3 is 9.84 Å². The molecule has 2 rings (SSSR count). The minimum absolute atomic E-state index is 0.494. The van der Waals surface area contributed by atoms with Gasteiger partial charge in [0.05, 0.1) is 5.69 Å². The second-order valence-corrected chi connectivity index (χ2v) is 4.77. The Labute approximate surface area is 117 Å². The smallest absolute Gasteiger partial charge is 0.138 e. The zero-order chi connectivity index (χ0) is 14.0. The van der Waals surface area contributed by atoms with Gasteiger partial charge in [-0.1, -0.05) is 23.7 Å². The average Bonchev–Trinajstić information content (AvgIpc) is 2.71. The lowest BCUT2D eigenvalue weighted by molar-refractivity contribution is 0.392. The summed E-state index contributed by atoms with van der Waals surface area (Å²) in [5.41, 5.74) is 2.79. The standard InChI is InChI=1S/C13H17ClN4O/c1-5-11-16-12(14)7(2)13(17-11)15-6-10-8(3)18-19-9(10)4/h5-6H2,1-4H3,(H,15,16,17). The van der Waals surface area contributed by atoms with Gasteiger partial charge in [-0.15, -0.1) is 0 Å². The number of aromatic nitrogens is 3. The van der Waals surface area contributed by atoms with Gasteiger partial charge in [-0.3, -0.25) is 0 Å². The highest BCUT2D eigenvalue weighted by atomic mass is 35.5. The first-order chi connectivity index (χ1) is 9.02. The maximum atomic E-state index is 6.10. The van der Waals surface area contributed by atoms with E-state index in [2.05, 4.69) is 20.4 Å². The Hall–Kier alpha value is -1.62. The number of hydrogen-bond acceptors (Lipinski definition) is 5. The summed E-state index contributed by atoms with van der Waals surface area (Å²) in [6.45, 7) is 8.33. The van der Waals surface area contributed by atoms with Crippen LogP contribution in [-0.2, 0) is 13.0 Å². The summed E-state index contributed by atoms with van der Waals surface area (Å²) in [7, 11) is 0. The number of aryl methyl sites for hydroxylation is 3. The summed E-state index contributed by atoms with van der Waals surface area (Å²) in [5, 5.41) is 7.70. The molecule has 0 aliphatic rings. The lowest BCUT2D eigenvalue weighted by Crippen LogP contribution is -2.08. The molecule has 2 aromatic heterocycles. The molecule has 0 fully saturated rings. The molecule has 2 heterocycles. The molecule has 0 radical (unpaired) electrons. The van der Waals surface area contributed by atoms with E-state index in [0.717, 1.165) is 40.6 Å². The van der Waals surface area contributed by atoms with Gasteiger partial charge in [-0.25, -0.2) is 9.97 Å². The van der Waals surface area contributed by atoms with E-state index >= 15 is 0 Å². The SMILES string of the molecule is CCc1nc(Cl)c(C)c(NCc2c(C)noc2C)n1. The van der Waals surface area contributed by atoms with Crippen molar-refractivity contribution in [2.75, 3.05) is 5.32 Å². The molecule has 0 aromatic carbocycles. The minimum Gasteiger partial charge on any atom is -0.365 e. The number of anilines is 1. The van der Waals surface area contributed by atoms with Crippen molar-refractivity contribution >= 4 is 17.4 Å². The largest absolute Gasteiger partial charge is 0.365 e.